The summed E-state index contributed by atoms with van der Waals surface area (Å²) in [5, 5.41) is 2.88. The van der Waals surface area contributed by atoms with Crippen molar-refractivity contribution in [2.75, 3.05) is 30.8 Å². The SMILES string of the molecule is COc1ccccc1N(CCCC(=O)N[C@H](C)COc1ccc(C)cc1)S(C)(=O)=O. The monoisotopic (exact) mass is 434 g/mol. The number of carbonyl (C=O) groups excluding carboxylic acids is 1. The van der Waals surface area contributed by atoms with Crippen LogP contribution in [-0.2, 0) is 14.8 Å². The molecule has 2 rings (SSSR count). The van der Waals surface area contributed by atoms with E-state index in [1.807, 2.05) is 38.1 Å². The summed E-state index contributed by atoms with van der Waals surface area (Å²) in [4.78, 5) is 12.2. The number of hydrogen-bond donors (Lipinski definition) is 1. The molecule has 2 aromatic carbocycles. The molecule has 0 aliphatic heterocycles. The Hall–Kier alpha value is -2.74. The molecule has 0 spiro atoms. The van der Waals surface area contributed by atoms with E-state index in [-0.39, 0.29) is 24.9 Å². The average Bonchev–Trinajstić information content (AvgIpc) is 2.70. The van der Waals surface area contributed by atoms with E-state index in [1.165, 1.54) is 11.4 Å². The Balaban J connectivity index is 1.84. The Morgan fingerprint density at radius 2 is 1.80 bits per heavy atom. The second kappa shape index (κ2) is 10.9. The lowest BCUT2D eigenvalue weighted by Gasteiger charge is -2.24. The number of benzene rings is 2. The number of nitrogens with one attached hydrogen (secondary N) is 1. The molecular formula is C22H30N2O5S. The molecule has 0 radical (unpaired) electrons. The van der Waals surface area contributed by atoms with Gasteiger partial charge in [-0.15, -0.1) is 0 Å². The average molecular weight is 435 g/mol. The van der Waals surface area contributed by atoms with Crippen LogP contribution in [-0.4, -0.2) is 46.9 Å². The molecule has 2 aromatic rings. The highest BCUT2D eigenvalue weighted by Gasteiger charge is 2.21. The van der Waals surface area contributed by atoms with Crippen LogP contribution in [0.5, 0.6) is 11.5 Å². The third kappa shape index (κ3) is 7.26. The molecular weight excluding hydrogens is 404 g/mol. The third-order valence-corrected chi connectivity index (χ3v) is 5.63. The van der Waals surface area contributed by atoms with Gasteiger partial charge < -0.3 is 14.8 Å². The first-order valence-electron chi connectivity index (χ1n) is 9.80. The molecule has 0 saturated carbocycles. The summed E-state index contributed by atoms with van der Waals surface area (Å²) < 4.78 is 36.7. The van der Waals surface area contributed by atoms with Gasteiger partial charge in [0.05, 0.1) is 25.1 Å². The van der Waals surface area contributed by atoms with Gasteiger partial charge in [-0.2, -0.15) is 0 Å². The van der Waals surface area contributed by atoms with Gasteiger partial charge in [0.15, 0.2) is 0 Å². The van der Waals surface area contributed by atoms with Crippen molar-refractivity contribution < 1.29 is 22.7 Å². The Bertz CT molecular complexity index is 929. The normalized spacial score (nSPS) is 12.1. The summed E-state index contributed by atoms with van der Waals surface area (Å²) in [6.07, 6.45) is 1.72. The summed E-state index contributed by atoms with van der Waals surface area (Å²) in [5.74, 6) is 1.07. The fourth-order valence-electron chi connectivity index (χ4n) is 2.93. The maximum atomic E-state index is 12.2. The van der Waals surface area contributed by atoms with Gasteiger partial charge in [-0.3, -0.25) is 9.10 Å². The number of ether oxygens (including phenoxy) is 2. The van der Waals surface area contributed by atoms with Crippen LogP contribution in [0.3, 0.4) is 0 Å². The van der Waals surface area contributed by atoms with Crippen LogP contribution in [0.15, 0.2) is 48.5 Å². The van der Waals surface area contributed by atoms with Crippen molar-refractivity contribution in [3.8, 4) is 11.5 Å². The molecule has 0 aliphatic rings. The number of para-hydroxylation sites is 2. The van der Waals surface area contributed by atoms with Gasteiger partial charge in [-0.1, -0.05) is 29.8 Å². The van der Waals surface area contributed by atoms with Crippen molar-refractivity contribution in [3.63, 3.8) is 0 Å². The number of carbonyl (C=O) groups is 1. The minimum absolute atomic E-state index is 0.150. The van der Waals surface area contributed by atoms with E-state index < -0.39 is 10.0 Å². The summed E-state index contributed by atoms with van der Waals surface area (Å²) in [7, 11) is -2.02. The van der Waals surface area contributed by atoms with Crippen LogP contribution in [0, 0.1) is 6.92 Å². The minimum Gasteiger partial charge on any atom is -0.495 e. The predicted octanol–water partition coefficient (Wildman–Crippen LogP) is 3.13. The third-order valence-electron chi connectivity index (χ3n) is 4.45. The highest BCUT2D eigenvalue weighted by Crippen LogP contribution is 2.29. The van der Waals surface area contributed by atoms with Crippen LogP contribution in [0.1, 0.15) is 25.3 Å². The molecule has 1 amide bonds. The van der Waals surface area contributed by atoms with Crippen LogP contribution in [0.2, 0.25) is 0 Å². The van der Waals surface area contributed by atoms with E-state index in [0.717, 1.165) is 17.6 Å². The Morgan fingerprint density at radius 1 is 1.13 bits per heavy atom. The Kier molecular flexibility index (Phi) is 8.53. The number of aryl methyl sites for hydroxylation is 1. The highest BCUT2D eigenvalue weighted by molar-refractivity contribution is 7.92. The lowest BCUT2D eigenvalue weighted by atomic mass is 10.2. The van der Waals surface area contributed by atoms with E-state index >= 15 is 0 Å². The zero-order valence-corrected chi connectivity index (χ0v) is 18.7. The van der Waals surface area contributed by atoms with Gasteiger partial charge in [-0.25, -0.2) is 8.42 Å². The van der Waals surface area contributed by atoms with E-state index in [4.69, 9.17) is 9.47 Å². The molecule has 30 heavy (non-hydrogen) atoms. The van der Waals surface area contributed by atoms with Gasteiger partial charge in [0.2, 0.25) is 15.9 Å². The number of hydrogen-bond acceptors (Lipinski definition) is 5. The molecule has 0 aromatic heterocycles. The molecule has 7 nitrogen and oxygen atoms in total. The maximum absolute atomic E-state index is 12.2. The number of rotatable bonds is 11. The van der Waals surface area contributed by atoms with Gasteiger partial charge in [0, 0.05) is 13.0 Å². The number of methoxy groups -OCH3 is 1. The number of amides is 1. The molecule has 0 unspecified atom stereocenters. The summed E-state index contributed by atoms with van der Waals surface area (Å²) >= 11 is 0. The Morgan fingerprint density at radius 3 is 2.43 bits per heavy atom. The topological polar surface area (TPSA) is 84.9 Å². The predicted molar refractivity (Wildman–Crippen MR) is 119 cm³/mol. The number of sulfonamides is 1. The fraction of sp³-hybridized carbons (Fsp3) is 0.409. The van der Waals surface area contributed by atoms with Gasteiger partial charge in [-0.05, 0) is 44.5 Å². The Labute approximate surface area is 179 Å². The first-order valence-corrected chi connectivity index (χ1v) is 11.6. The van der Waals surface area contributed by atoms with Gasteiger partial charge >= 0.3 is 0 Å². The summed E-state index contributed by atoms with van der Waals surface area (Å²) in [6.45, 7) is 4.40. The molecule has 1 atom stereocenters. The molecule has 0 saturated heterocycles. The summed E-state index contributed by atoms with van der Waals surface area (Å²) in [5.41, 5.74) is 1.61. The zero-order chi connectivity index (χ0) is 22.1. The van der Waals surface area contributed by atoms with Crippen LogP contribution >= 0.6 is 0 Å². The van der Waals surface area contributed by atoms with Crippen molar-refractivity contribution in [3.05, 3.63) is 54.1 Å². The lowest BCUT2D eigenvalue weighted by molar-refractivity contribution is -0.121. The smallest absolute Gasteiger partial charge is 0.232 e. The highest BCUT2D eigenvalue weighted by atomic mass is 32.2. The van der Waals surface area contributed by atoms with Crippen molar-refractivity contribution >= 4 is 21.6 Å². The van der Waals surface area contributed by atoms with E-state index in [2.05, 4.69) is 5.32 Å². The van der Waals surface area contributed by atoms with E-state index in [1.54, 1.807) is 24.3 Å². The molecule has 1 N–H and O–H groups in total. The van der Waals surface area contributed by atoms with Crippen molar-refractivity contribution in [2.24, 2.45) is 0 Å². The maximum Gasteiger partial charge on any atom is 0.232 e. The molecule has 0 fully saturated rings. The standard InChI is InChI=1S/C22H30N2O5S/c1-17-11-13-19(14-12-17)29-16-18(2)23-22(25)10-7-15-24(30(4,26)27)20-8-5-6-9-21(20)28-3/h5-6,8-9,11-14,18H,7,10,15-16H2,1-4H3,(H,23,25)/t18-/m1/s1. The van der Waals surface area contributed by atoms with E-state index in [9.17, 15) is 13.2 Å². The van der Waals surface area contributed by atoms with Gasteiger partial charge in [0.1, 0.15) is 18.1 Å². The second-order valence-electron chi connectivity index (χ2n) is 7.20. The lowest BCUT2D eigenvalue weighted by Crippen LogP contribution is -2.37. The molecule has 0 aliphatic carbocycles. The molecule has 0 heterocycles. The van der Waals surface area contributed by atoms with Crippen LogP contribution in [0.25, 0.3) is 0 Å². The second-order valence-corrected chi connectivity index (χ2v) is 9.11. The molecule has 0 bridgehead atoms. The van der Waals surface area contributed by atoms with Crippen LogP contribution < -0.4 is 19.1 Å². The summed E-state index contributed by atoms with van der Waals surface area (Å²) in [6, 6.07) is 14.5. The number of nitrogens with zero attached hydrogens (tertiary/aromatic N) is 1. The van der Waals surface area contributed by atoms with Crippen molar-refractivity contribution in [1.29, 1.82) is 0 Å². The molecule has 8 heteroatoms. The van der Waals surface area contributed by atoms with Crippen molar-refractivity contribution in [2.45, 2.75) is 32.7 Å². The van der Waals surface area contributed by atoms with Gasteiger partial charge in [0.25, 0.3) is 0 Å². The largest absolute Gasteiger partial charge is 0.495 e. The fourth-order valence-corrected chi connectivity index (χ4v) is 3.90. The van der Waals surface area contributed by atoms with Crippen molar-refractivity contribution in [1.82, 2.24) is 5.32 Å². The van der Waals surface area contributed by atoms with E-state index in [0.29, 0.717) is 24.5 Å². The first-order chi connectivity index (χ1) is 14.2. The molecule has 164 valence electrons. The van der Waals surface area contributed by atoms with Crippen LogP contribution in [0.4, 0.5) is 5.69 Å². The zero-order valence-electron chi connectivity index (χ0n) is 17.9. The number of anilines is 1. The minimum atomic E-state index is -3.51. The first kappa shape index (κ1) is 23.5. The quantitative estimate of drug-likeness (QED) is 0.587.